The molecule has 4 nitrogen and oxygen atoms in total. The molecule has 0 saturated carbocycles. The molecule has 78 valence electrons. The molecule has 0 unspecified atom stereocenters. The average molecular weight is 207 g/mol. The van der Waals surface area contributed by atoms with Crippen LogP contribution in [0.4, 0.5) is 0 Å². The van der Waals surface area contributed by atoms with Gasteiger partial charge in [-0.05, 0) is 6.42 Å². The third-order valence-corrected chi connectivity index (χ3v) is 2.55. The Morgan fingerprint density at radius 2 is 1.92 bits per heavy atom. The molecule has 0 aliphatic rings. The van der Waals surface area contributed by atoms with Crippen molar-refractivity contribution in [2.24, 2.45) is 5.92 Å². The van der Waals surface area contributed by atoms with E-state index in [2.05, 4.69) is 5.32 Å². The van der Waals surface area contributed by atoms with Gasteiger partial charge in [0.2, 0.25) is 5.91 Å². The van der Waals surface area contributed by atoms with Gasteiger partial charge in [-0.15, -0.1) is 0 Å². The van der Waals surface area contributed by atoms with E-state index in [0.717, 1.165) is 0 Å². The van der Waals surface area contributed by atoms with Gasteiger partial charge in [-0.25, -0.2) is 8.42 Å². The van der Waals surface area contributed by atoms with Crippen molar-refractivity contribution in [3.8, 4) is 0 Å². The molecule has 5 heteroatoms. The zero-order chi connectivity index (χ0) is 10.5. The number of carbonyl (C=O) groups excluding carboxylic acids is 1. The highest BCUT2D eigenvalue weighted by molar-refractivity contribution is 7.90. The van der Waals surface area contributed by atoms with E-state index in [1.165, 1.54) is 6.26 Å². The van der Waals surface area contributed by atoms with Crippen molar-refractivity contribution in [2.45, 2.75) is 20.3 Å². The Morgan fingerprint density at radius 3 is 2.31 bits per heavy atom. The van der Waals surface area contributed by atoms with E-state index >= 15 is 0 Å². The lowest BCUT2D eigenvalue weighted by Gasteiger charge is -2.06. The van der Waals surface area contributed by atoms with Gasteiger partial charge >= 0.3 is 0 Å². The number of amides is 1. The summed E-state index contributed by atoms with van der Waals surface area (Å²) in [5.41, 5.74) is 0. The minimum atomic E-state index is -2.89. The third-order valence-electron chi connectivity index (χ3n) is 1.52. The molecule has 0 atom stereocenters. The molecule has 0 bridgehead atoms. The van der Waals surface area contributed by atoms with Crippen molar-refractivity contribution >= 4 is 15.7 Å². The third kappa shape index (κ3) is 7.77. The highest BCUT2D eigenvalue weighted by Gasteiger charge is 2.06. The Hall–Kier alpha value is -0.580. The van der Waals surface area contributed by atoms with Crippen molar-refractivity contribution in [1.29, 1.82) is 0 Å². The summed E-state index contributed by atoms with van der Waals surface area (Å²) in [6.45, 7) is 4.03. The fraction of sp³-hybridized carbons (Fsp3) is 0.875. The highest BCUT2D eigenvalue weighted by atomic mass is 32.2. The quantitative estimate of drug-likeness (QED) is 0.655. The first-order chi connectivity index (χ1) is 5.83. The molecule has 0 aromatic rings. The van der Waals surface area contributed by atoms with E-state index in [9.17, 15) is 13.2 Å². The second-order valence-electron chi connectivity index (χ2n) is 3.43. The molecule has 1 amide bonds. The van der Waals surface area contributed by atoms with Gasteiger partial charge < -0.3 is 5.32 Å². The lowest BCUT2D eigenvalue weighted by atomic mass is 10.2. The Kier molecular flexibility index (Phi) is 4.98. The Balaban J connectivity index is 3.53. The molecule has 0 spiro atoms. The number of hydrogen-bond donors (Lipinski definition) is 1. The second-order valence-corrected chi connectivity index (χ2v) is 5.69. The summed E-state index contributed by atoms with van der Waals surface area (Å²) >= 11 is 0. The summed E-state index contributed by atoms with van der Waals surface area (Å²) in [7, 11) is -2.89. The Morgan fingerprint density at radius 1 is 1.38 bits per heavy atom. The number of carbonyl (C=O) groups is 1. The molecule has 0 radical (unpaired) electrons. The number of sulfone groups is 1. The molecule has 0 saturated heterocycles. The van der Waals surface area contributed by atoms with Crippen LogP contribution < -0.4 is 5.32 Å². The average Bonchev–Trinajstić information content (AvgIpc) is 1.95. The standard InChI is InChI=1S/C8H17NO3S/c1-7(2)8(10)9-5-4-6-13(3,11)12/h7H,4-6H2,1-3H3,(H,9,10). The molecule has 0 fully saturated rings. The number of rotatable bonds is 5. The van der Waals surface area contributed by atoms with Gasteiger partial charge in [-0.2, -0.15) is 0 Å². The molecule has 0 aromatic carbocycles. The van der Waals surface area contributed by atoms with Crippen LogP contribution in [-0.4, -0.2) is 32.9 Å². The largest absolute Gasteiger partial charge is 0.356 e. The molecular formula is C8H17NO3S. The lowest BCUT2D eigenvalue weighted by Crippen LogP contribution is -2.29. The van der Waals surface area contributed by atoms with Crippen molar-refractivity contribution in [1.82, 2.24) is 5.32 Å². The first-order valence-corrected chi connectivity index (χ1v) is 6.34. The van der Waals surface area contributed by atoms with E-state index < -0.39 is 9.84 Å². The fourth-order valence-electron chi connectivity index (χ4n) is 0.750. The predicted molar refractivity (Wildman–Crippen MR) is 52.2 cm³/mol. The lowest BCUT2D eigenvalue weighted by molar-refractivity contribution is -0.123. The zero-order valence-corrected chi connectivity index (χ0v) is 9.15. The van der Waals surface area contributed by atoms with E-state index in [4.69, 9.17) is 0 Å². The minimum absolute atomic E-state index is 0.0338. The first kappa shape index (κ1) is 12.4. The SMILES string of the molecule is CC(C)C(=O)NCCCS(C)(=O)=O. The van der Waals surface area contributed by atoms with Crippen LogP contribution in [0.15, 0.2) is 0 Å². The Labute approximate surface area is 79.6 Å². The van der Waals surface area contributed by atoms with Crippen LogP contribution in [0.1, 0.15) is 20.3 Å². The summed E-state index contributed by atoms with van der Waals surface area (Å²) in [6.07, 6.45) is 1.68. The summed E-state index contributed by atoms with van der Waals surface area (Å²) in [5.74, 6) is 0.0532. The van der Waals surface area contributed by atoms with Crippen LogP contribution in [-0.2, 0) is 14.6 Å². The number of nitrogens with one attached hydrogen (secondary N) is 1. The molecule has 0 rings (SSSR count). The first-order valence-electron chi connectivity index (χ1n) is 4.28. The van der Waals surface area contributed by atoms with Crippen molar-refractivity contribution in [3.05, 3.63) is 0 Å². The Bertz CT molecular complexity index is 257. The van der Waals surface area contributed by atoms with Crippen molar-refractivity contribution < 1.29 is 13.2 Å². The predicted octanol–water partition coefficient (Wildman–Crippen LogP) is 0.193. The summed E-state index contributed by atoms with van der Waals surface area (Å²) < 4.78 is 21.4. The highest BCUT2D eigenvalue weighted by Crippen LogP contribution is 1.91. The molecule has 0 aliphatic carbocycles. The number of hydrogen-bond acceptors (Lipinski definition) is 3. The van der Waals surface area contributed by atoms with E-state index in [-0.39, 0.29) is 17.6 Å². The normalized spacial score (nSPS) is 11.7. The van der Waals surface area contributed by atoms with E-state index in [1.807, 2.05) is 0 Å². The molecule has 13 heavy (non-hydrogen) atoms. The summed E-state index contributed by atoms with van der Waals surface area (Å²) in [6, 6.07) is 0. The van der Waals surface area contributed by atoms with Gasteiger partial charge in [0.05, 0.1) is 5.75 Å². The maximum absolute atomic E-state index is 11.0. The van der Waals surface area contributed by atoms with Gasteiger partial charge in [0.15, 0.2) is 0 Å². The molecule has 0 aromatic heterocycles. The van der Waals surface area contributed by atoms with Crippen LogP contribution in [0.3, 0.4) is 0 Å². The van der Waals surface area contributed by atoms with Crippen molar-refractivity contribution in [3.63, 3.8) is 0 Å². The van der Waals surface area contributed by atoms with Gasteiger partial charge in [-0.3, -0.25) is 4.79 Å². The van der Waals surface area contributed by atoms with Crippen LogP contribution in [0.5, 0.6) is 0 Å². The maximum Gasteiger partial charge on any atom is 0.222 e. The maximum atomic E-state index is 11.0. The zero-order valence-electron chi connectivity index (χ0n) is 8.33. The molecule has 1 N–H and O–H groups in total. The van der Waals surface area contributed by atoms with Gasteiger partial charge in [0.25, 0.3) is 0 Å². The summed E-state index contributed by atoms with van der Waals surface area (Å²) in [4.78, 5) is 11.0. The van der Waals surface area contributed by atoms with Crippen LogP contribution >= 0.6 is 0 Å². The smallest absolute Gasteiger partial charge is 0.222 e. The molecular weight excluding hydrogens is 190 g/mol. The fourth-order valence-corrected chi connectivity index (χ4v) is 1.42. The van der Waals surface area contributed by atoms with Crippen LogP contribution in [0.25, 0.3) is 0 Å². The van der Waals surface area contributed by atoms with Gasteiger partial charge in [0.1, 0.15) is 9.84 Å². The molecule has 0 aliphatic heterocycles. The summed E-state index contributed by atoms with van der Waals surface area (Å²) in [5, 5.41) is 2.65. The van der Waals surface area contributed by atoms with Crippen molar-refractivity contribution in [2.75, 3.05) is 18.6 Å². The van der Waals surface area contributed by atoms with E-state index in [0.29, 0.717) is 13.0 Å². The second kappa shape index (κ2) is 5.21. The monoisotopic (exact) mass is 207 g/mol. The van der Waals surface area contributed by atoms with Gasteiger partial charge in [-0.1, -0.05) is 13.8 Å². The van der Waals surface area contributed by atoms with Crippen LogP contribution in [0.2, 0.25) is 0 Å². The minimum Gasteiger partial charge on any atom is -0.356 e. The van der Waals surface area contributed by atoms with E-state index in [1.54, 1.807) is 13.8 Å². The van der Waals surface area contributed by atoms with Crippen LogP contribution in [0, 0.1) is 5.92 Å². The molecule has 0 heterocycles. The topological polar surface area (TPSA) is 63.2 Å². The van der Waals surface area contributed by atoms with Gasteiger partial charge in [0, 0.05) is 18.7 Å².